The molecule has 9 heteroatoms. The van der Waals surface area contributed by atoms with Crippen molar-refractivity contribution in [1.29, 1.82) is 5.26 Å². The van der Waals surface area contributed by atoms with E-state index < -0.39 is 0 Å². The maximum atomic E-state index is 12.1. The number of nitrogens with zero attached hydrogens (tertiary/aromatic N) is 6. The third-order valence-corrected chi connectivity index (χ3v) is 4.79. The van der Waals surface area contributed by atoms with E-state index in [1.807, 2.05) is 24.4 Å². The highest BCUT2D eigenvalue weighted by atomic mass is 16.2. The van der Waals surface area contributed by atoms with Crippen LogP contribution in [0.2, 0.25) is 0 Å². The van der Waals surface area contributed by atoms with Crippen LogP contribution in [-0.4, -0.2) is 35.6 Å². The summed E-state index contributed by atoms with van der Waals surface area (Å²) in [6.45, 7) is 0.519. The van der Waals surface area contributed by atoms with E-state index in [0.29, 0.717) is 23.6 Å². The summed E-state index contributed by atoms with van der Waals surface area (Å²) in [6, 6.07) is 7.45. The molecule has 0 spiro atoms. The van der Waals surface area contributed by atoms with Crippen molar-refractivity contribution in [3.8, 4) is 17.3 Å². The summed E-state index contributed by atoms with van der Waals surface area (Å²) in [5.74, 6) is 0.326. The van der Waals surface area contributed by atoms with Crippen LogP contribution in [0.4, 0.5) is 5.95 Å². The molecular formula is C20H16N8O. The van der Waals surface area contributed by atoms with Crippen molar-refractivity contribution in [2.75, 3.05) is 5.32 Å². The minimum Gasteiger partial charge on any atom is -0.346 e. The van der Waals surface area contributed by atoms with Crippen molar-refractivity contribution in [2.24, 2.45) is 5.92 Å². The first-order valence-electron chi connectivity index (χ1n) is 9.23. The lowest BCUT2D eigenvalue weighted by Gasteiger charge is -2.06. The number of carbonyl (C=O) groups is 1. The highest BCUT2D eigenvalue weighted by Crippen LogP contribution is 2.31. The Morgan fingerprint density at radius 1 is 1.28 bits per heavy atom. The Bertz CT molecular complexity index is 1240. The van der Waals surface area contributed by atoms with Crippen LogP contribution < -0.4 is 5.32 Å². The molecule has 4 aromatic heterocycles. The van der Waals surface area contributed by atoms with Gasteiger partial charge in [-0.05, 0) is 30.5 Å². The van der Waals surface area contributed by atoms with Crippen LogP contribution in [0.5, 0.6) is 0 Å². The van der Waals surface area contributed by atoms with Crippen LogP contribution in [0, 0.1) is 17.2 Å². The molecule has 1 aliphatic carbocycles. The minimum atomic E-state index is -0.0362. The van der Waals surface area contributed by atoms with Crippen LogP contribution in [0.25, 0.3) is 22.3 Å². The van der Waals surface area contributed by atoms with Crippen molar-refractivity contribution in [1.82, 2.24) is 29.7 Å². The molecule has 9 nitrogen and oxygen atoms in total. The van der Waals surface area contributed by atoms with Gasteiger partial charge < -0.3 is 4.98 Å². The minimum absolute atomic E-state index is 0.0362. The van der Waals surface area contributed by atoms with Gasteiger partial charge in [0, 0.05) is 35.5 Å². The molecule has 0 atom stereocenters. The highest BCUT2D eigenvalue weighted by Gasteiger charge is 2.30. The monoisotopic (exact) mass is 384 g/mol. The normalized spacial score (nSPS) is 13.3. The first kappa shape index (κ1) is 17.1. The lowest BCUT2D eigenvalue weighted by atomic mass is 10.2. The average Bonchev–Trinajstić information content (AvgIpc) is 3.31. The Morgan fingerprint density at radius 2 is 2.17 bits per heavy atom. The second kappa shape index (κ2) is 6.83. The first-order chi connectivity index (χ1) is 14.2. The Balaban J connectivity index is 1.44. The van der Waals surface area contributed by atoms with Crippen molar-refractivity contribution >= 4 is 22.9 Å². The molecule has 4 aromatic rings. The van der Waals surface area contributed by atoms with Gasteiger partial charge >= 0.3 is 0 Å². The van der Waals surface area contributed by atoms with Gasteiger partial charge in [0.25, 0.3) is 0 Å². The lowest BCUT2D eigenvalue weighted by Crippen LogP contribution is -2.15. The van der Waals surface area contributed by atoms with Crippen molar-refractivity contribution < 1.29 is 4.79 Å². The number of aromatic amines is 1. The molecule has 0 bridgehead atoms. The van der Waals surface area contributed by atoms with E-state index in [-0.39, 0.29) is 17.8 Å². The number of H-pyrrole nitrogens is 1. The standard InChI is InChI=1S/C20H16N8O/c21-7-15-4-1-12(8-23-15)10-28-11-14(9-24-28)17-16-5-6-22-18(16)26-20(25-17)27-19(29)13-2-3-13/h1,4-6,8-9,11,13H,2-3,10H2,(H2,22,25,26,27,29). The number of anilines is 1. The highest BCUT2D eigenvalue weighted by molar-refractivity contribution is 5.96. The maximum absolute atomic E-state index is 12.1. The van der Waals surface area contributed by atoms with Gasteiger partial charge in [-0.3, -0.25) is 14.8 Å². The molecule has 0 saturated heterocycles. The number of nitrogens with one attached hydrogen (secondary N) is 2. The number of pyridine rings is 1. The number of rotatable bonds is 5. The summed E-state index contributed by atoms with van der Waals surface area (Å²) < 4.78 is 1.78. The van der Waals surface area contributed by atoms with E-state index in [4.69, 9.17) is 5.26 Å². The van der Waals surface area contributed by atoms with Gasteiger partial charge in [-0.15, -0.1) is 0 Å². The molecule has 1 saturated carbocycles. The molecule has 5 rings (SSSR count). The van der Waals surface area contributed by atoms with E-state index in [2.05, 4.69) is 30.4 Å². The van der Waals surface area contributed by atoms with Crippen LogP contribution >= 0.6 is 0 Å². The van der Waals surface area contributed by atoms with E-state index in [1.165, 1.54) is 0 Å². The first-order valence-corrected chi connectivity index (χ1v) is 9.23. The lowest BCUT2D eigenvalue weighted by molar-refractivity contribution is -0.117. The number of aromatic nitrogens is 6. The largest absolute Gasteiger partial charge is 0.346 e. The Morgan fingerprint density at radius 3 is 2.93 bits per heavy atom. The SMILES string of the molecule is N#Cc1ccc(Cn2cc(-c3nc(NC(=O)C4CC4)nc4[nH]ccc34)cn2)cn1. The summed E-state index contributed by atoms with van der Waals surface area (Å²) in [4.78, 5) is 28.2. The summed E-state index contributed by atoms with van der Waals surface area (Å²) >= 11 is 0. The Kier molecular flexibility index (Phi) is 4.02. The molecule has 2 N–H and O–H groups in total. The number of amides is 1. The summed E-state index contributed by atoms with van der Waals surface area (Å²) in [5.41, 5.74) is 3.49. The zero-order valence-corrected chi connectivity index (χ0v) is 15.3. The molecule has 0 radical (unpaired) electrons. The maximum Gasteiger partial charge on any atom is 0.232 e. The number of hydrogen-bond donors (Lipinski definition) is 2. The predicted molar refractivity (Wildman–Crippen MR) is 105 cm³/mol. The molecule has 4 heterocycles. The zero-order chi connectivity index (χ0) is 19.8. The van der Waals surface area contributed by atoms with E-state index in [9.17, 15) is 4.79 Å². The van der Waals surface area contributed by atoms with Crippen molar-refractivity contribution in [3.05, 3.63) is 54.2 Å². The summed E-state index contributed by atoms with van der Waals surface area (Å²) in [6.07, 6.45) is 8.92. The molecule has 1 fully saturated rings. The number of carbonyl (C=O) groups excluding carboxylic acids is 1. The van der Waals surface area contributed by atoms with E-state index >= 15 is 0 Å². The average molecular weight is 384 g/mol. The second-order valence-corrected chi connectivity index (χ2v) is 6.99. The second-order valence-electron chi connectivity index (χ2n) is 6.99. The van der Waals surface area contributed by atoms with Gasteiger partial charge in [-0.2, -0.15) is 15.3 Å². The molecule has 0 aliphatic heterocycles. The van der Waals surface area contributed by atoms with Crippen LogP contribution in [0.15, 0.2) is 43.0 Å². The smallest absolute Gasteiger partial charge is 0.232 e. The zero-order valence-electron chi connectivity index (χ0n) is 15.3. The fourth-order valence-electron chi connectivity index (χ4n) is 3.12. The Labute approximate surface area is 165 Å². The molecule has 1 aliphatic rings. The molecule has 1 amide bonds. The van der Waals surface area contributed by atoms with Crippen molar-refractivity contribution in [3.63, 3.8) is 0 Å². The van der Waals surface area contributed by atoms with Gasteiger partial charge in [0.2, 0.25) is 11.9 Å². The van der Waals surface area contributed by atoms with Gasteiger partial charge in [0.1, 0.15) is 17.4 Å². The number of hydrogen-bond acceptors (Lipinski definition) is 6. The molecular weight excluding hydrogens is 368 g/mol. The fraction of sp³-hybridized carbons (Fsp3) is 0.200. The van der Waals surface area contributed by atoms with Gasteiger partial charge in [0.05, 0.1) is 18.4 Å². The predicted octanol–water partition coefficient (Wildman–Crippen LogP) is 2.48. The van der Waals surface area contributed by atoms with E-state index in [1.54, 1.807) is 29.3 Å². The number of fused-ring (bicyclic) bond motifs is 1. The topological polar surface area (TPSA) is 125 Å². The van der Waals surface area contributed by atoms with Crippen molar-refractivity contribution in [2.45, 2.75) is 19.4 Å². The molecule has 0 aromatic carbocycles. The quantitative estimate of drug-likeness (QED) is 0.544. The van der Waals surface area contributed by atoms with Crippen LogP contribution in [0.3, 0.4) is 0 Å². The summed E-state index contributed by atoms with van der Waals surface area (Å²) in [5, 5.41) is 16.9. The van der Waals surface area contributed by atoms with Gasteiger partial charge in [0.15, 0.2) is 0 Å². The number of nitriles is 1. The molecule has 142 valence electrons. The van der Waals surface area contributed by atoms with Gasteiger partial charge in [-0.25, -0.2) is 9.97 Å². The van der Waals surface area contributed by atoms with Gasteiger partial charge in [-0.1, -0.05) is 6.07 Å². The van der Waals surface area contributed by atoms with Crippen LogP contribution in [-0.2, 0) is 11.3 Å². The molecule has 0 unspecified atom stereocenters. The summed E-state index contributed by atoms with van der Waals surface area (Å²) in [7, 11) is 0. The Hall–Kier alpha value is -4.06. The third kappa shape index (κ3) is 3.43. The third-order valence-electron chi connectivity index (χ3n) is 4.79. The fourth-order valence-corrected chi connectivity index (χ4v) is 3.12. The molecule has 29 heavy (non-hydrogen) atoms. The van der Waals surface area contributed by atoms with Crippen LogP contribution in [0.1, 0.15) is 24.1 Å². The van der Waals surface area contributed by atoms with E-state index in [0.717, 1.165) is 29.4 Å².